The maximum absolute atomic E-state index is 12.0. The molecule has 6 nitrogen and oxygen atoms in total. The number of hydrogen-bond acceptors (Lipinski definition) is 6. The number of hydrogen-bond donors (Lipinski definition) is 0. The summed E-state index contributed by atoms with van der Waals surface area (Å²) in [6.07, 6.45) is 1.04. The summed E-state index contributed by atoms with van der Waals surface area (Å²) in [4.78, 5) is 34.7. The fourth-order valence-corrected chi connectivity index (χ4v) is 1.75. The number of benzene rings is 1. The normalized spacial score (nSPS) is 11.8. The third-order valence-corrected chi connectivity index (χ3v) is 3.09. The van der Waals surface area contributed by atoms with Gasteiger partial charge in [0.1, 0.15) is 5.75 Å². The number of ether oxygens (including phenoxy) is 3. The van der Waals surface area contributed by atoms with Crippen LogP contribution in [0.15, 0.2) is 40.9 Å². The lowest BCUT2D eigenvalue weighted by molar-refractivity contribution is -0.159. The van der Waals surface area contributed by atoms with Crippen molar-refractivity contribution in [2.24, 2.45) is 0 Å². The molecular formula is C16H17BrO6. The van der Waals surface area contributed by atoms with E-state index in [0.29, 0.717) is 5.75 Å². The zero-order chi connectivity index (χ0) is 17.2. The van der Waals surface area contributed by atoms with Crippen molar-refractivity contribution in [2.75, 3.05) is 6.61 Å². The SMILES string of the molecule is CCOC(=O)/C=C/C(=O)OC(CC)C(=O)Oc1ccc(Br)cc1. The van der Waals surface area contributed by atoms with Crippen LogP contribution >= 0.6 is 15.9 Å². The molecule has 0 aromatic heterocycles. The standard InChI is InChI=1S/C16H17BrO6/c1-3-13(23-15(19)10-9-14(18)21-4-2)16(20)22-12-7-5-11(17)6-8-12/h5-10,13H,3-4H2,1-2H3/b10-9+. The Kier molecular flexibility index (Phi) is 8.04. The number of carbonyl (C=O) groups excluding carboxylic acids is 3. The van der Waals surface area contributed by atoms with E-state index in [9.17, 15) is 14.4 Å². The van der Waals surface area contributed by atoms with Crippen molar-refractivity contribution < 1.29 is 28.6 Å². The summed E-state index contributed by atoms with van der Waals surface area (Å²) in [5.41, 5.74) is 0. The summed E-state index contributed by atoms with van der Waals surface area (Å²) in [6.45, 7) is 3.53. The molecule has 7 heteroatoms. The van der Waals surface area contributed by atoms with Crippen molar-refractivity contribution in [3.05, 3.63) is 40.9 Å². The van der Waals surface area contributed by atoms with Crippen LogP contribution in [0.1, 0.15) is 20.3 Å². The highest BCUT2D eigenvalue weighted by Crippen LogP contribution is 2.17. The summed E-state index contributed by atoms with van der Waals surface area (Å²) in [5, 5.41) is 0. The van der Waals surface area contributed by atoms with Crippen LogP contribution in [0, 0.1) is 0 Å². The number of rotatable bonds is 7. The molecule has 0 fully saturated rings. The van der Waals surface area contributed by atoms with Gasteiger partial charge in [-0.15, -0.1) is 0 Å². The van der Waals surface area contributed by atoms with Gasteiger partial charge in [0.15, 0.2) is 6.10 Å². The molecule has 1 aromatic rings. The third-order valence-electron chi connectivity index (χ3n) is 2.57. The molecule has 0 saturated carbocycles. The lowest BCUT2D eigenvalue weighted by atomic mass is 10.3. The van der Waals surface area contributed by atoms with Crippen LogP contribution in [0.25, 0.3) is 0 Å². The van der Waals surface area contributed by atoms with Crippen LogP contribution in [0.3, 0.4) is 0 Å². The highest BCUT2D eigenvalue weighted by atomic mass is 79.9. The van der Waals surface area contributed by atoms with Crippen LogP contribution in [-0.4, -0.2) is 30.6 Å². The molecule has 0 bridgehead atoms. The molecule has 23 heavy (non-hydrogen) atoms. The molecule has 1 rings (SSSR count). The van der Waals surface area contributed by atoms with E-state index in [4.69, 9.17) is 9.47 Å². The molecule has 0 aliphatic carbocycles. The second kappa shape index (κ2) is 9.78. The van der Waals surface area contributed by atoms with E-state index in [0.717, 1.165) is 16.6 Å². The van der Waals surface area contributed by atoms with Crippen molar-refractivity contribution in [1.29, 1.82) is 0 Å². The minimum Gasteiger partial charge on any atom is -0.463 e. The highest BCUT2D eigenvalue weighted by Gasteiger charge is 2.22. The van der Waals surface area contributed by atoms with Gasteiger partial charge in [-0.25, -0.2) is 14.4 Å². The van der Waals surface area contributed by atoms with Gasteiger partial charge in [-0.05, 0) is 37.6 Å². The molecule has 0 aliphatic rings. The van der Waals surface area contributed by atoms with Crippen LogP contribution in [-0.2, 0) is 23.9 Å². The van der Waals surface area contributed by atoms with Crippen molar-refractivity contribution in [2.45, 2.75) is 26.4 Å². The molecule has 1 unspecified atom stereocenters. The van der Waals surface area contributed by atoms with E-state index >= 15 is 0 Å². The maximum Gasteiger partial charge on any atom is 0.352 e. The first-order valence-corrected chi connectivity index (χ1v) is 7.78. The third kappa shape index (κ3) is 7.10. The average Bonchev–Trinajstić information content (AvgIpc) is 2.53. The predicted octanol–water partition coefficient (Wildman–Crippen LogP) is 2.80. The topological polar surface area (TPSA) is 78.9 Å². The zero-order valence-electron chi connectivity index (χ0n) is 12.8. The van der Waals surface area contributed by atoms with E-state index in [1.54, 1.807) is 38.1 Å². The predicted molar refractivity (Wildman–Crippen MR) is 85.7 cm³/mol. The van der Waals surface area contributed by atoms with Gasteiger partial charge in [-0.1, -0.05) is 22.9 Å². The van der Waals surface area contributed by atoms with Gasteiger partial charge in [0.2, 0.25) is 0 Å². The van der Waals surface area contributed by atoms with E-state index < -0.39 is 24.0 Å². The van der Waals surface area contributed by atoms with E-state index in [1.807, 2.05) is 0 Å². The Morgan fingerprint density at radius 2 is 1.70 bits per heavy atom. The molecule has 0 amide bonds. The molecule has 0 heterocycles. The molecule has 1 aromatic carbocycles. The van der Waals surface area contributed by atoms with Crippen LogP contribution < -0.4 is 4.74 Å². The van der Waals surface area contributed by atoms with Gasteiger partial charge in [0.25, 0.3) is 0 Å². The van der Waals surface area contributed by atoms with Gasteiger partial charge in [-0.3, -0.25) is 0 Å². The lowest BCUT2D eigenvalue weighted by Gasteiger charge is -2.14. The Hall–Kier alpha value is -2.15. The summed E-state index contributed by atoms with van der Waals surface area (Å²) in [6, 6.07) is 6.66. The molecule has 0 radical (unpaired) electrons. The maximum atomic E-state index is 12.0. The Morgan fingerprint density at radius 1 is 1.09 bits per heavy atom. The quantitative estimate of drug-likeness (QED) is 0.408. The fourth-order valence-electron chi connectivity index (χ4n) is 1.49. The second-order valence-electron chi connectivity index (χ2n) is 4.29. The largest absolute Gasteiger partial charge is 0.463 e. The molecular weight excluding hydrogens is 368 g/mol. The summed E-state index contributed by atoms with van der Waals surface area (Å²) in [5.74, 6) is -1.82. The number of carbonyl (C=O) groups is 3. The molecule has 1 atom stereocenters. The summed E-state index contributed by atoms with van der Waals surface area (Å²) in [7, 11) is 0. The minimum atomic E-state index is -1.06. The average molecular weight is 385 g/mol. The van der Waals surface area contributed by atoms with Crippen LogP contribution in [0.2, 0.25) is 0 Å². The van der Waals surface area contributed by atoms with Crippen molar-refractivity contribution in [3.8, 4) is 5.75 Å². The Bertz CT molecular complexity index is 579. The molecule has 0 N–H and O–H groups in total. The smallest absolute Gasteiger partial charge is 0.352 e. The first kappa shape index (κ1) is 18.9. The fraction of sp³-hybridized carbons (Fsp3) is 0.312. The minimum absolute atomic E-state index is 0.204. The van der Waals surface area contributed by atoms with Crippen LogP contribution in [0.5, 0.6) is 5.75 Å². The van der Waals surface area contributed by atoms with Gasteiger partial charge in [-0.2, -0.15) is 0 Å². The first-order valence-electron chi connectivity index (χ1n) is 6.99. The molecule has 124 valence electrons. The van der Waals surface area contributed by atoms with Crippen molar-refractivity contribution >= 4 is 33.8 Å². The van der Waals surface area contributed by atoms with Gasteiger partial charge in [0.05, 0.1) is 6.61 Å². The molecule has 0 aliphatic heterocycles. The van der Waals surface area contributed by atoms with Gasteiger partial charge in [0, 0.05) is 16.6 Å². The number of halogens is 1. The monoisotopic (exact) mass is 384 g/mol. The molecule has 0 saturated heterocycles. The van der Waals surface area contributed by atoms with Crippen molar-refractivity contribution in [1.82, 2.24) is 0 Å². The Balaban J connectivity index is 2.58. The van der Waals surface area contributed by atoms with E-state index in [-0.39, 0.29) is 13.0 Å². The zero-order valence-corrected chi connectivity index (χ0v) is 14.4. The van der Waals surface area contributed by atoms with E-state index in [2.05, 4.69) is 20.7 Å². The van der Waals surface area contributed by atoms with E-state index in [1.165, 1.54) is 0 Å². The first-order chi connectivity index (χ1) is 11.0. The molecule has 0 spiro atoms. The van der Waals surface area contributed by atoms with Gasteiger partial charge >= 0.3 is 17.9 Å². The van der Waals surface area contributed by atoms with Crippen LogP contribution in [0.4, 0.5) is 0 Å². The number of esters is 3. The summed E-state index contributed by atoms with van der Waals surface area (Å²) < 4.78 is 15.6. The highest BCUT2D eigenvalue weighted by molar-refractivity contribution is 9.10. The lowest BCUT2D eigenvalue weighted by Crippen LogP contribution is -2.30. The Labute approximate surface area is 142 Å². The van der Waals surface area contributed by atoms with Crippen molar-refractivity contribution in [3.63, 3.8) is 0 Å². The summed E-state index contributed by atoms with van der Waals surface area (Å²) >= 11 is 3.27. The Morgan fingerprint density at radius 3 is 2.26 bits per heavy atom. The second-order valence-corrected chi connectivity index (χ2v) is 5.21. The van der Waals surface area contributed by atoms with Gasteiger partial charge < -0.3 is 14.2 Å².